The molecule has 8 heteroatoms. The molecule has 2 amide bonds. The van der Waals surface area contributed by atoms with Crippen molar-refractivity contribution in [3.05, 3.63) is 59.7 Å². The van der Waals surface area contributed by atoms with Crippen LogP contribution in [0.5, 0.6) is 0 Å². The van der Waals surface area contributed by atoms with E-state index in [-0.39, 0.29) is 34.6 Å². The first-order chi connectivity index (χ1) is 16.3. The lowest BCUT2D eigenvalue weighted by Gasteiger charge is -2.30. The summed E-state index contributed by atoms with van der Waals surface area (Å²) in [6.45, 7) is 3.14. The van der Waals surface area contributed by atoms with Crippen molar-refractivity contribution >= 4 is 27.5 Å². The van der Waals surface area contributed by atoms with Gasteiger partial charge >= 0.3 is 0 Å². The Labute approximate surface area is 201 Å². The number of piperidine rings is 1. The Morgan fingerprint density at radius 1 is 0.971 bits per heavy atom. The van der Waals surface area contributed by atoms with Gasteiger partial charge in [0.05, 0.1) is 4.90 Å². The zero-order chi connectivity index (χ0) is 23.9. The number of amides is 2. The van der Waals surface area contributed by atoms with Crippen molar-refractivity contribution in [2.45, 2.75) is 56.5 Å². The second-order valence-corrected chi connectivity index (χ2v) is 11.6. The first-order valence-electron chi connectivity index (χ1n) is 12.1. The normalized spacial score (nSPS) is 21.3. The van der Waals surface area contributed by atoms with Gasteiger partial charge in [0.1, 0.15) is 0 Å². The Morgan fingerprint density at radius 3 is 2.35 bits per heavy atom. The van der Waals surface area contributed by atoms with Crippen LogP contribution in [0, 0.1) is 11.8 Å². The van der Waals surface area contributed by atoms with E-state index in [0.29, 0.717) is 38.9 Å². The summed E-state index contributed by atoms with van der Waals surface area (Å²) in [4.78, 5) is 27.4. The molecule has 1 saturated heterocycles. The monoisotopic (exact) mass is 481 g/mol. The second-order valence-electron chi connectivity index (χ2n) is 9.71. The van der Waals surface area contributed by atoms with Crippen LogP contribution < -0.4 is 10.2 Å². The smallest absolute Gasteiger partial charge is 0.243 e. The third-order valence-corrected chi connectivity index (χ3v) is 9.10. The molecule has 2 aromatic rings. The molecule has 2 aromatic carbocycles. The van der Waals surface area contributed by atoms with E-state index in [4.69, 9.17) is 0 Å². The summed E-state index contributed by atoms with van der Waals surface area (Å²) in [5, 5.41) is 2.97. The standard InChI is InChI=1S/C26H31N3O4S/c1-18-15-22-16-23(9-10-24(22)29(18)26(31)21-7-8-21)34(32,33)28-13-11-20(12-14-28)25(30)27-17-19-5-3-2-4-6-19/h2-6,9-10,16,18,20-21H,7-8,11-15,17H2,1H3,(H,27,30)/t18-/m0/s1. The molecule has 0 bridgehead atoms. The van der Waals surface area contributed by atoms with E-state index in [0.717, 1.165) is 29.7 Å². The Balaban J connectivity index is 1.22. The zero-order valence-electron chi connectivity index (χ0n) is 19.4. The average Bonchev–Trinajstić information content (AvgIpc) is 3.65. The van der Waals surface area contributed by atoms with Crippen LogP contribution >= 0.6 is 0 Å². The molecule has 0 spiro atoms. The van der Waals surface area contributed by atoms with Crippen molar-refractivity contribution in [1.82, 2.24) is 9.62 Å². The van der Waals surface area contributed by atoms with Crippen LogP contribution in [0.2, 0.25) is 0 Å². The Kier molecular flexibility index (Phi) is 6.20. The van der Waals surface area contributed by atoms with E-state index in [2.05, 4.69) is 5.32 Å². The molecule has 2 fully saturated rings. The topological polar surface area (TPSA) is 86.8 Å². The number of carbonyl (C=O) groups is 2. The molecule has 2 heterocycles. The van der Waals surface area contributed by atoms with E-state index >= 15 is 0 Å². The number of sulfonamides is 1. The maximum absolute atomic E-state index is 13.3. The van der Waals surface area contributed by atoms with Crippen LogP contribution in [0.4, 0.5) is 5.69 Å². The molecule has 180 valence electrons. The van der Waals surface area contributed by atoms with Gasteiger partial charge in [-0.2, -0.15) is 4.31 Å². The van der Waals surface area contributed by atoms with Crippen LogP contribution in [0.1, 0.15) is 43.7 Å². The Morgan fingerprint density at radius 2 is 1.68 bits per heavy atom. The van der Waals surface area contributed by atoms with Gasteiger partial charge < -0.3 is 10.2 Å². The van der Waals surface area contributed by atoms with Gasteiger partial charge in [-0.3, -0.25) is 9.59 Å². The SMILES string of the molecule is C[C@H]1Cc2cc(S(=O)(=O)N3CCC(C(=O)NCc4ccccc4)CC3)ccc2N1C(=O)C1CC1. The number of hydrogen-bond donors (Lipinski definition) is 1. The molecule has 2 aliphatic heterocycles. The van der Waals surface area contributed by atoms with Crippen LogP contribution in [-0.2, 0) is 32.6 Å². The fourth-order valence-corrected chi connectivity index (χ4v) is 6.59. The van der Waals surface area contributed by atoms with E-state index in [1.54, 1.807) is 18.2 Å². The molecule has 0 radical (unpaired) electrons. The molecule has 3 aliphatic rings. The Hall–Kier alpha value is -2.71. The fraction of sp³-hybridized carbons (Fsp3) is 0.462. The fourth-order valence-electron chi connectivity index (χ4n) is 5.07. The number of rotatable bonds is 6. The minimum atomic E-state index is -3.65. The third-order valence-electron chi connectivity index (χ3n) is 7.20. The van der Waals surface area contributed by atoms with Crippen molar-refractivity contribution in [2.24, 2.45) is 11.8 Å². The molecular weight excluding hydrogens is 450 g/mol. The van der Waals surface area contributed by atoms with Crippen molar-refractivity contribution in [1.29, 1.82) is 0 Å². The van der Waals surface area contributed by atoms with Gasteiger partial charge in [0.15, 0.2) is 0 Å². The number of nitrogens with one attached hydrogen (secondary N) is 1. The van der Waals surface area contributed by atoms with Gasteiger partial charge in [0.25, 0.3) is 0 Å². The highest BCUT2D eigenvalue weighted by atomic mass is 32.2. The maximum atomic E-state index is 13.3. The number of carbonyl (C=O) groups excluding carboxylic acids is 2. The zero-order valence-corrected chi connectivity index (χ0v) is 20.3. The molecule has 34 heavy (non-hydrogen) atoms. The molecule has 1 aliphatic carbocycles. The van der Waals surface area contributed by atoms with Crippen molar-refractivity contribution < 1.29 is 18.0 Å². The molecule has 1 saturated carbocycles. The van der Waals surface area contributed by atoms with Crippen molar-refractivity contribution in [3.63, 3.8) is 0 Å². The quantitative estimate of drug-likeness (QED) is 0.687. The van der Waals surface area contributed by atoms with Crippen LogP contribution in [0.15, 0.2) is 53.4 Å². The van der Waals surface area contributed by atoms with Gasteiger partial charge in [0, 0.05) is 43.2 Å². The van der Waals surface area contributed by atoms with Crippen LogP contribution in [0.3, 0.4) is 0 Å². The number of fused-ring (bicyclic) bond motifs is 1. The molecule has 1 atom stereocenters. The second kappa shape index (κ2) is 9.15. The van der Waals surface area contributed by atoms with E-state index in [1.165, 1.54) is 4.31 Å². The maximum Gasteiger partial charge on any atom is 0.243 e. The molecule has 7 nitrogen and oxygen atoms in total. The highest BCUT2D eigenvalue weighted by Gasteiger charge is 2.40. The molecule has 5 rings (SSSR count). The van der Waals surface area contributed by atoms with Crippen LogP contribution in [-0.4, -0.2) is 43.7 Å². The lowest BCUT2D eigenvalue weighted by Crippen LogP contribution is -2.42. The van der Waals surface area contributed by atoms with Gasteiger partial charge in [-0.25, -0.2) is 8.42 Å². The van der Waals surface area contributed by atoms with Gasteiger partial charge in [0.2, 0.25) is 21.8 Å². The average molecular weight is 482 g/mol. The highest BCUT2D eigenvalue weighted by molar-refractivity contribution is 7.89. The summed E-state index contributed by atoms with van der Waals surface area (Å²) in [6.07, 6.45) is 3.58. The minimum Gasteiger partial charge on any atom is -0.352 e. The summed E-state index contributed by atoms with van der Waals surface area (Å²) in [7, 11) is -3.65. The Bertz CT molecular complexity index is 1190. The first-order valence-corrected chi connectivity index (χ1v) is 13.6. The van der Waals surface area contributed by atoms with Crippen LogP contribution in [0.25, 0.3) is 0 Å². The van der Waals surface area contributed by atoms with Gasteiger partial charge in [-0.15, -0.1) is 0 Å². The van der Waals surface area contributed by atoms with Crippen molar-refractivity contribution in [3.8, 4) is 0 Å². The summed E-state index contributed by atoms with van der Waals surface area (Å²) >= 11 is 0. The molecule has 0 unspecified atom stereocenters. The lowest BCUT2D eigenvalue weighted by atomic mass is 9.97. The third kappa shape index (κ3) is 4.49. The summed E-state index contributed by atoms with van der Waals surface area (Å²) in [6, 6.07) is 14.9. The number of benzene rings is 2. The predicted octanol–water partition coefficient (Wildman–Crippen LogP) is 3.09. The molecular formula is C26H31N3O4S. The molecule has 1 N–H and O–H groups in total. The predicted molar refractivity (Wildman–Crippen MR) is 130 cm³/mol. The van der Waals surface area contributed by atoms with E-state index in [1.807, 2.05) is 42.2 Å². The van der Waals surface area contributed by atoms with Gasteiger partial charge in [-0.05, 0) is 68.4 Å². The molecule has 0 aromatic heterocycles. The van der Waals surface area contributed by atoms with E-state index in [9.17, 15) is 18.0 Å². The largest absolute Gasteiger partial charge is 0.352 e. The number of nitrogens with zero attached hydrogens (tertiary/aromatic N) is 2. The summed E-state index contributed by atoms with van der Waals surface area (Å²) < 4.78 is 28.2. The summed E-state index contributed by atoms with van der Waals surface area (Å²) in [5.74, 6) is 0.0864. The van der Waals surface area contributed by atoms with Crippen molar-refractivity contribution in [2.75, 3.05) is 18.0 Å². The minimum absolute atomic E-state index is 0.0205. The summed E-state index contributed by atoms with van der Waals surface area (Å²) in [5.41, 5.74) is 2.80. The highest BCUT2D eigenvalue weighted by Crippen LogP contribution is 2.40. The number of hydrogen-bond acceptors (Lipinski definition) is 4. The first kappa shape index (κ1) is 23.1. The van der Waals surface area contributed by atoms with E-state index < -0.39 is 10.0 Å². The number of anilines is 1. The van der Waals surface area contributed by atoms with Gasteiger partial charge in [-0.1, -0.05) is 30.3 Å². The lowest BCUT2D eigenvalue weighted by molar-refractivity contribution is -0.126.